The highest BCUT2D eigenvalue weighted by atomic mass is 16.7. The molecule has 2 aliphatic carbocycles. The Labute approximate surface area is 118 Å². The number of fused-ring (bicyclic) bond motifs is 2. The van der Waals surface area contributed by atoms with E-state index < -0.39 is 11.6 Å². The SMILES string of the molecule is COC(=O)C1(O)C[C@H]2OC(OC)C[C@H]2CC2=CCCC21. The molecular formula is C15H22O5. The van der Waals surface area contributed by atoms with Crippen LogP contribution in [0.2, 0.25) is 0 Å². The van der Waals surface area contributed by atoms with E-state index in [4.69, 9.17) is 14.2 Å². The summed E-state index contributed by atoms with van der Waals surface area (Å²) in [6.45, 7) is 0. The minimum absolute atomic E-state index is 0.120. The van der Waals surface area contributed by atoms with E-state index in [9.17, 15) is 9.90 Å². The summed E-state index contributed by atoms with van der Waals surface area (Å²) in [5.74, 6) is -0.351. The van der Waals surface area contributed by atoms with Crippen molar-refractivity contribution in [2.24, 2.45) is 11.8 Å². The summed E-state index contributed by atoms with van der Waals surface area (Å²) < 4.78 is 16.0. The molecule has 1 aliphatic heterocycles. The Morgan fingerprint density at radius 3 is 3.00 bits per heavy atom. The number of ether oxygens (including phenoxy) is 3. The molecule has 5 heteroatoms. The van der Waals surface area contributed by atoms with Crippen molar-refractivity contribution >= 4 is 5.97 Å². The zero-order chi connectivity index (χ0) is 14.3. The van der Waals surface area contributed by atoms with Crippen LogP contribution in [0.15, 0.2) is 11.6 Å². The highest BCUT2D eigenvalue weighted by Gasteiger charge is 2.54. The third-order valence-electron chi connectivity index (χ3n) is 5.05. The average molecular weight is 282 g/mol. The van der Waals surface area contributed by atoms with Crippen molar-refractivity contribution in [2.45, 2.75) is 50.1 Å². The zero-order valence-electron chi connectivity index (χ0n) is 12.0. The standard InChI is InChI=1S/C15H22O5/c1-18-13-7-10-6-9-4-3-5-11(9)15(17,14(16)19-2)8-12(10)20-13/h4,10-13,17H,3,5-8H2,1-2H3/t10-,11?,12-,13?,15?/m1/s1. The minimum Gasteiger partial charge on any atom is -0.467 e. The molecule has 20 heavy (non-hydrogen) atoms. The van der Waals surface area contributed by atoms with Gasteiger partial charge in [0.05, 0.1) is 13.2 Å². The number of carbonyl (C=O) groups is 1. The lowest BCUT2D eigenvalue weighted by molar-refractivity contribution is -0.176. The van der Waals surface area contributed by atoms with Gasteiger partial charge in [-0.15, -0.1) is 0 Å². The molecule has 0 spiro atoms. The summed E-state index contributed by atoms with van der Waals surface area (Å²) in [4.78, 5) is 12.1. The Balaban J connectivity index is 1.91. The molecule has 112 valence electrons. The van der Waals surface area contributed by atoms with E-state index in [1.807, 2.05) is 0 Å². The summed E-state index contributed by atoms with van der Waals surface area (Å²) in [6.07, 6.45) is 5.53. The summed E-state index contributed by atoms with van der Waals surface area (Å²) >= 11 is 0. The number of carbonyl (C=O) groups excluding carboxylic acids is 1. The van der Waals surface area contributed by atoms with Crippen molar-refractivity contribution < 1.29 is 24.1 Å². The van der Waals surface area contributed by atoms with E-state index in [0.717, 1.165) is 25.7 Å². The number of rotatable bonds is 2. The quantitative estimate of drug-likeness (QED) is 0.612. The van der Waals surface area contributed by atoms with Crippen molar-refractivity contribution in [1.82, 2.24) is 0 Å². The average Bonchev–Trinajstić information content (AvgIpc) is 3.04. The number of allylic oxidation sites excluding steroid dienone is 1. The predicted octanol–water partition coefficient (Wildman–Crippen LogP) is 1.40. The lowest BCUT2D eigenvalue weighted by Gasteiger charge is -2.32. The molecule has 3 rings (SSSR count). The van der Waals surface area contributed by atoms with Crippen molar-refractivity contribution in [3.63, 3.8) is 0 Å². The van der Waals surface area contributed by atoms with Crippen LogP contribution < -0.4 is 0 Å². The Morgan fingerprint density at radius 2 is 2.30 bits per heavy atom. The second kappa shape index (κ2) is 5.13. The molecule has 0 aromatic heterocycles. The Morgan fingerprint density at radius 1 is 1.50 bits per heavy atom. The molecule has 3 unspecified atom stereocenters. The fourth-order valence-electron chi connectivity index (χ4n) is 4.03. The van der Waals surface area contributed by atoms with E-state index in [0.29, 0.717) is 12.3 Å². The Kier molecular flexibility index (Phi) is 3.60. The number of aliphatic hydroxyl groups is 1. The summed E-state index contributed by atoms with van der Waals surface area (Å²) in [6, 6.07) is 0. The maximum absolute atomic E-state index is 12.1. The molecule has 5 nitrogen and oxygen atoms in total. The van der Waals surface area contributed by atoms with Gasteiger partial charge in [0.15, 0.2) is 11.9 Å². The summed E-state index contributed by atoms with van der Waals surface area (Å²) in [5, 5.41) is 11.0. The van der Waals surface area contributed by atoms with Crippen molar-refractivity contribution in [2.75, 3.05) is 14.2 Å². The fraction of sp³-hybridized carbons (Fsp3) is 0.800. The third-order valence-corrected chi connectivity index (χ3v) is 5.05. The van der Waals surface area contributed by atoms with Crippen LogP contribution in [-0.4, -0.2) is 43.3 Å². The van der Waals surface area contributed by atoms with Crippen LogP contribution >= 0.6 is 0 Å². The Bertz CT molecular complexity index is 432. The minimum atomic E-state index is -1.46. The molecule has 0 aromatic rings. The van der Waals surface area contributed by atoms with Gasteiger partial charge in [0.1, 0.15) is 0 Å². The fourth-order valence-corrected chi connectivity index (χ4v) is 4.03. The van der Waals surface area contributed by atoms with Crippen LogP contribution in [0, 0.1) is 11.8 Å². The molecule has 1 saturated carbocycles. The molecule has 3 aliphatic rings. The summed E-state index contributed by atoms with van der Waals surface area (Å²) in [5.41, 5.74) is -0.273. The van der Waals surface area contributed by atoms with Gasteiger partial charge in [0, 0.05) is 25.9 Å². The second-order valence-corrected chi connectivity index (χ2v) is 6.07. The number of hydrogen-bond acceptors (Lipinski definition) is 5. The molecular weight excluding hydrogens is 260 g/mol. The van der Waals surface area contributed by atoms with Gasteiger partial charge in [-0.1, -0.05) is 11.6 Å². The molecule has 0 bridgehead atoms. The first-order valence-electron chi connectivity index (χ1n) is 7.26. The van der Waals surface area contributed by atoms with E-state index in [1.165, 1.54) is 12.7 Å². The molecule has 0 radical (unpaired) electrons. The van der Waals surface area contributed by atoms with Crippen molar-refractivity contribution in [3.8, 4) is 0 Å². The van der Waals surface area contributed by atoms with Gasteiger partial charge in [0.25, 0.3) is 0 Å². The smallest absolute Gasteiger partial charge is 0.338 e. The molecule has 1 heterocycles. The summed E-state index contributed by atoms with van der Waals surface area (Å²) in [7, 11) is 2.95. The first kappa shape index (κ1) is 14.0. The van der Waals surface area contributed by atoms with E-state index in [2.05, 4.69) is 6.08 Å². The van der Waals surface area contributed by atoms with Crippen LogP contribution in [0.3, 0.4) is 0 Å². The van der Waals surface area contributed by atoms with E-state index >= 15 is 0 Å². The van der Waals surface area contributed by atoms with Crippen LogP contribution in [0.1, 0.15) is 32.1 Å². The number of hydrogen-bond donors (Lipinski definition) is 1. The van der Waals surface area contributed by atoms with Crippen molar-refractivity contribution in [3.05, 3.63) is 11.6 Å². The zero-order valence-corrected chi connectivity index (χ0v) is 12.0. The van der Waals surface area contributed by atoms with Gasteiger partial charge >= 0.3 is 5.97 Å². The molecule has 2 fully saturated rings. The topological polar surface area (TPSA) is 65.0 Å². The lowest BCUT2D eigenvalue weighted by Crippen LogP contribution is -2.48. The largest absolute Gasteiger partial charge is 0.467 e. The van der Waals surface area contributed by atoms with Gasteiger partial charge in [-0.3, -0.25) is 0 Å². The highest BCUT2D eigenvalue weighted by Crippen LogP contribution is 2.49. The maximum Gasteiger partial charge on any atom is 0.338 e. The third kappa shape index (κ3) is 2.08. The second-order valence-electron chi connectivity index (χ2n) is 6.07. The first-order valence-corrected chi connectivity index (χ1v) is 7.26. The molecule has 5 atom stereocenters. The van der Waals surface area contributed by atoms with E-state index in [-0.39, 0.29) is 18.3 Å². The lowest BCUT2D eigenvalue weighted by atomic mass is 9.80. The highest BCUT2D eigenvalue weighted by molar-refractivity contribution is 5.80. The van der Waals surface area contributed by atoms with Crippen molar-refractivity contribution in [1.29, 1.82) is 0 Å². The molecule has 0 amide bonds. The van der Waals surface area contributed by atoms with Gasteiger partial charge in [-0.05, 0) is 25.2 Å². The van der Waals surface area contributed by atoms with Crippen LogP contribution in [0.5, 0.6) is 0 Å². The first-order chi connectivity index (χ1) is 9.58. The monoisotopic (exact) mass is 282 g/mol. The number of esters is 1. The van der Waals surface area contributed by atoms with Crippen LogP contribution in [0.25, 0.3) is 0 Å². The number of methoxy groups -OCH3 is 2. The van der Waals surface area contributed by atoms with Crippen LogP contribution in [-0.2, 0) is 19.0 Å². The van der Waals surface area contributed by atoms with Gasteiger partial charge in [0.2, 0.25) is 0 Å². The van der Waals surface area contributed by atoms with Gasteiger partial charge in [-0.25, -0.2) is 4.79 Å². The normalized spacial score (nSPS) is 43.5. The molecule has 0 aromatic carbocycles. The molecule has 1 N–H and O–H groups in total. The Hall–Kier alpha value is -0.910. The van der Waals surface area contributed by atoms with Gasteiger partial charge < -0.3 is 19.3 Å². The molecule has 1 saturated heterocycles. The predicted molar refractivity (Wildman–Crippen MR) is 70.8 cm³/mol. The maximum atomic E-state index is 12.1. The van der Waals surface area contributed by atoms with Gasteiger partial charge in [-0.2, -0.15) is 0 Å². The van der Waals surface area contributed by atoms with E-state index in [1.54, 1.807) is 7.11 Å². The van der Waals surface area contributed by atoms with Crippen LogP contribution in [0.4, 0.5) is 0 Å².